The maximum atomic E-state index is 4.10. The van der Waals surface area contributed by atoms with Crippen LogP contribution in [-0.4, -0.2) is 11.5 Å². The quantitative estimate of drug-likeness (QED) is 0.881. The van der Waals surface area contributed by atoms with E-state index in [1.165, 1.54) is 16.7 Å². The van der Waals surface area contributed by atoms with Crippen LogP contribution in [0, 0.1) is 6.92 Å². The van der Waals surface area contributed by atoms with Crippen molar-refractivity contribution < 1.29 is 0 Å². The molecule has 2 unspecified atom stereocenters. The second kappa shape index (κ2) is 6.12. The molecule has 2 aromatic rings. The lowest BCUT2D eigenvalue weighted by Gasteiger charge is -2.25. The summed E-state index contributed by atoms with van der Waals surface area (Å²) in [5.74, 6) is 0.446. The molecule has 1 N–H and O–H groups in total. The van der Waals surface area contributed by atoms with Crippen molar-refractivity contribution in [3.05, 3.63) is 52.0 Å². The predicted molar refractivity (Wildman–Crippen MR) is 78.1 cm³/mol. The molecule has 0 aliphatic rings. The summed E-state index contributed by atoms with van der Waals surface area (Å²) in [5, 5.41) is 8.10. The van der Waals surface area contributed by atoms with Gasteiger partial charge >= 0.3 is 0 Å². The Kier molecular flexibility index (Phi) is 4.50. The zero-order chi connectivity index (χ0) is 13.0. The van der Waals surface area contributed by atoms with E-state index in [9.17, 15) is 0 Å². The van der Waals surface area contributed by atoms with Gasteiger partial charge in [0, 0.05) is 24.4 Å². The highest BCUT2D eigenvalue weighted by Gasteiger charge is 2.21. The molecule has 0 saturated carbocycles. The number of aryl methyl sites for hydroxylation is 1. The van der Waals surface area contributed by atoms with Gasteiger partial charge < -0.3 is 5.32 Å². The molecule has 2 heterocycles. The zero-order valence-corrected chi connectivity index (χ0v) is 12.0. The van der Waals surface area contributed by atoms with Gasteiger partial charge in [0.2, 0.25) is 0 Å². The standard InChI is InChI=1S/C15H20N2S/c1-4-17-15(14-10-18-9-11(14)2)12(3)13-5-7-16-8-6-13/h5-10,12,15,17H,4H2,1-3H3. The molecule has 3 heteroatoms. The fourth-order valence-electron chi connectivity index (χ4n) is 2.32. The Bertz CT molecular complexity index is 478. The maximum absolute atomic E-state index is 4.10. The molecule has 2 aromatic heterocycles. The van der Waals surface area contributed by atoms with E-state index in [0.717, 1.165) is 6.54 Å². The normalized spacial score (nSPS) is 14.4. The van der Waals surface area contributed by atoms with E-state index in [0.29, 0.717) is 12.0 Å². The Morgan fingerprint density at radius 1 is 1.28 bits per heavy atom. The number of thiophene rings is 1. The van der Waals surface area contributed by atoms with Gasteiger partial charge in [-0.15, -0.1) is 0 Å². The number of nitrogens with zero attached hydrogens (tertiary/aromatic N) is 1. The molecule has 0 spiro atoms. The Morgan fingerprint density at radius 2 is 2.00 bits per heavy atom. The average Bonchev–Trinajstić information content (AvgIpc) is 2.82. The van der Waals surface area contributed by atoms with Crippen LogP contribution in [0.15, 0.2) is 35.3 Å². The van der Waals surface area contributed by atoms with Crippen molar-refractivity contribution in [3.63, 3.8) is 0 Å². The summed E-state index contributed by atoms with van der Waals surface area (Å²) in [6, 6.07) is 4.59. The number of likely N-dealkylation sites (N-methyl/N-ethyl adjacent to an activating group) is 1. The third kappa shape index (κ3) is 2.79. The van der Waals surface area contributed by atoms with Crippen LogP contribution in [0.1, 0.15) is 42.5 Å². The molecule has 2 nitrogen and oxygen atoms in total. The first kappa shape index (κ1) is 13.2. The number of nitrogens with one attached hydrogen (secondary N) is 1. The predicted octanol–water partition coefficient (Wildman–Crippen LogP) is 3.91. The van der Waals surface area contributed by atoms with Gasteiger partial charge in [0.25, 0.3) is 0 Å². The first-order valence-electron chi connectivity index (χ1n) is 6.40. The van der Waals surface area contributed by atoms with Crippen LogP contribution in [0.25, 0.3) is 0 Å². The Balaban J connectivity index is 2.28. The maximum Gasteiger partial charge on any atom is 0.0397 e. The molecule has 0 fully saturated rings. The first-order valence-corrected chi connectivity index (χ1v) is 7.34. The second-order valence-corrected chi connectivity index (χ2v) is 5.36. The molecule has 96 valence electrons. The molecule has 0 radical (unpaired) electrons. The van der Waals surface area contributed by atoms with Crippen molar-refractivity contribution in [2.75, 3.05) is 6.54 Å². The van der Waals surface area contributed by atoms with E-state index in [-0.39, 0.29) is 0 Å². The molecular formula is C15H20N2S. The first-order chi connectivity index (χ1) is 8.74. The van der Waals surface area contributed by atoms with Crippen molar-refractivity contribution in [2.45, 2.75) is 32.7 Å². The minimum absolute atomic E-state index is 0.378. The number of hydrogen-bond acceptors (Lipinski definition) is 3. The highest BCUT2D eigenvalue weighted by Crippen LogP contribution is 2.33. The number of hydrogen-bond donors (Lipinski definition) is 1. The third-order valence-electron chi connectivity index (χ3n) is 3.39. The molecule has 0 amide bonds. The smallest absolute Gasteiger partial charge is 0.0397 e. The van der Waals surface area contributed by atoms with E-state index in [1.54, 1.807) is 11.3 Å². The average molecular weight is 260 g/mol. The van der Waals surface area contributed by atoms with Crippen molar-refractivity contribution in [1.82, 2.24) is 10.3 Å². The largest absolute Gasteiger partial charge is 0.310 e. The minimum Gasteiger partial charge on any atom is -0.310 e. The van der Waals surface area contributed by atoms with Crippen molar-refractivity contribution in [1.29, 1.82) is 0 Å². The summed E-state index contributed by atoms with van der Waals surface area (Å²) in [4.78, 5) is 4.10. The highest BCUT2D eigenvalue weighted by atomic mass is 32.1. The lowest BCUT2D eigenvalue weighted by Crippen LogP contribution is -2.26. The summed E-state index contributed by atoms with van der Waals surface area (Å²) in [5.41, 5.74) is 4.14. The van der Waals surface area contributed by atoms with E-state index in [4.69, 9.17) is 0 Å². The van der Waals surface area contributed by atoms with Crippen LogP contribution < -0.4 is 5.32 Å². The SMILES string of the molecule is CCNC(c1cscc1C)C(C)c1ccncc1. The van der Waals surface area contributed by atoms with Gasteiger partial charge in [0.1, 0.15) is 0 Å². The van der Waals surface area contributed by atoms with Crippen molar-refractivity contribution in [3.8, 4) is 0 Å². The van der Waals surface area contributed by atoms with Crippen LogP contribution in [-0.2, 0) is 0 Å². The van der Waals surface area contributed by atoms with Crippen molar-refractivity contribution >= 4 is 11.3 Å². The number of pyridine rings is 1. The summed E-state index contributed by atoms with van der Waals surface area (Å²) in [7, 11) is 0. The number of aromatic nitrogens is 1. The van der Waals surface area contributed by atoms with Gasteiger partial charge in [0.05, 0.1) is 0 Å². The lowest BCUT2D eigenvalue weighted by molar-refractivity contribution is 0.478. The molecule has 2 atom stereocenters. The van der Waals surface area contributed by atoms with Crippen LogP contribution in [0.5, 0.6) is 0 Å². The van der Waals surface area contributed by atoms with E-state index in [2.05, 4.69) is 54.0 Å². The van der Waals surface area contributed by atoms with Crippen LogP contribution in [0.3, 0.4) is 0 Å². The summed E-state index contributed by atoms with van der Waals surface area (Å²) in [6.07, 6.45) is 3.74. The van der Waals surface area contributed by atoms with Gasteiger partial charge in [-0.05, 0) is 53.1 Å². The topological polar surface area (TPSA) is 24.9 Å². The van der Waals surface area contributed by atoms with Gasteiger partial charge in [-0.2, -0.15) is 11.3 Å². The van der Waals surface area contributed by atoms with E-state index >= 15 is 0 Å². The van der Waals surface area contributed by atoms with E-state index < -0.39 is 0 Å². The van der Waals surface area contributed by atoms with E-state index in [1.807, 2.05) is 12.4 Å². The molecule has 0 bridgehead atoms. The van der Waals surface area contributed by atoms with Gasteiger partial charge in [0.15, 0.2) is 0 Å². The molecule has 18 heavy (non-hydrogen) atoms. The van der Waals surface area contributed by atoms with Gasteiger partial charge in [-0.25, -0.2) is 0 Å². The third-order valence-corrected chi connectivity index (χ3v) is 4.27. The van der Waals surface area contributed by atoms with Crippen LogP contribution >= 0.6 is 11.3 Å². The molecule has 0 aromatic carbocycles. The molecule has 0 aliphatic heterocycles. The fourth-order valence-corrected chi connectivity index (χ4v) is 3.21. The Labute approximate surface area is 113 Å². The van der Waals surface area contributed by atoms with Crippen LogP contribution in [0.4, 0.5) is 0 Å². The summed E-state index contributed by atoms with van der Waals surface area (Å²) < 4.78 is 0. The second-order valence-electron chi connectivity index (χ2n) is 4.61. The molecule has 0 aliphatic carbocycles. The summed E-state index contributed by atoms with van der Waals surface area (Å²) in [6.45, 7) is 7.61. The van der Waals surface area contributed by atoms with Gasteiger partial charge in [-0.1, -0.05) is 13.8 Å². The van der Waals surface area contributed by atoms with Crippen molar-refractivity contribution in [2.24, 2.45) is 0 Å². The van der Waals surface area contributed by atoms with Crippen LogP contribution in [0.2, 0.25) is 0 Å². The lowest BCUT2D eigenvalue weighted by atomic mass is 9.89. The monoisotopic (exact) mass is 260 g/mol. The molecule has 0 saturated heterocycles. The fraction of sp³-hybridized carbons (Fsp3) is 0.400. The minimum atomic E-state index is 0.378. The molecular weight excluding hydrogens is 240 g/mol. The number of rotatable bonds is 5. The molecule has 2 rings (SSSR count). The Hall–Kier alpha value is -1.19. The highest BCUT2D eigenvalue weighted by molar-refractivity contribution is 7.08. The summed E-state index contributed by atoms with van der Waals surface area (Å²) >= 11 is 1.78. The zero-order valence-electron chi connectivity index (χ0n) is 11.2. The van der Waals surface area contributed by atoms with Gasteiger partial charge in [-0.3, -0.25) is 4.98 Å². The Morgan fingerprint density at radius 3 is 2.56 bits per heavy atom.